The molecule has 176 valence electrons. The van der Waals surface area contributed by atoms with Crippen LogP contribution >= 0.6 is 11.3 Å². The van der Waals surface area contributed by atoms with E-state index in [2.05, 4.69) is 30.0 Å². The lowest BCUT2D eigenvalue weighted by atomic mass is 10.2. The first-order valence-corrected chi connectivity index (χ1v) is 12.2. The van der Waals surface area contributed by atoms with Crippen molar-refractivity contribution in [3.05, 3.63) is 23.8 Å². The Labute approximate surface area is 197 Å². The van der Waals surface area contributed by atoms with Crippen LogP contribution in [0.5, 0.6) is 0 Å². The highest BCUT2D eigenvalue weighted by Gasteiger charge is 2.27. The monoisotopic (exact) mass is 470 g/mol. The highest BCUT2D eigenvalue weighted by Crippen LogP contribution is 2.32. The van der Waals surface area contributed by atoms with E-state index < -0.39 is 0 Å². The number of methoxy groups -OCH3 is 1. The molecule has 3 aromatic heterocycles. The first kappa shape index (κ1) is 22.4. The maximum Gasteiger partial charge on any atom is 0.219 e. The van der Waals surface area contributed by atoms with Crippen molar-refractivity contribution in [2.45, 2.75) is 6.10 Å². The minimum Gasteiger partial charge on any atom is -0.383 e. The topological polar surface area (TPSA) is 106 Å². The standard InChI is InChI=1S/C22H30N8O2S/c1-31-9-7-28-3-5-29(6-4-28)14-17-15-30(8-10-32-17)21-19-18(2-11-33-19)26-20(27-21)16-12-24-22(23)25-13-16/h2,11-13,17H,3-10,14-15H2,1H3,(H2,23,24,25). The Kier molecular flexibility index (Phi) is 6.93. The Morgan fingerprint density at radius 3 is 2.70 bits per heavy atom. The number of morpholine rings is 1. The molecule has 2 aliphatic heterocycles. The maximum atomic E-state index is 6.15. The van der Waals surface area contributed by atoms with Gasteiger partial charge in [-0.05, 0) is 11.4 Å². The molecule has 0 amide bonds. The van der Waals surface area contributed by atoms with E-state index in [0.717, 1.165) is 80.6 Å². The number of thiophene rings is 1. The largest absolute Gasteiger partial charge is 0.383 e. The minimum absolute atomic E-state index is 0.151. The van der Waals surface area contributed by atoms with E-state index in [9.17, 15) is 0 Å². The smallest absolute Gasteiger partial charge is 0.219 e. The Morgan fingerprint density at radius 2 is 1.91 bits per heavy atom. The third-order valence-corrected chi connectivity index (χ3v) is 7.09. The molecule has 5 rings (SSSR count). The SMILES string of the molecule is COCCN1CCN(CC2CN(c3nc(-c4cnc(N)nc4)nc4ccsc34)CCO2)CC1. The van der Waals surface area contributed by atoms with Crippen LogP contribution in [0.4, 0.5) is 11.8 Å². The summed E-state index contributed by atoms with van der Waals surface area (Å²) in [5, 5.41) is 2.06. The summed E-state index contributed by atoms with van der Waals surface area (Å²) >= 11 is 1.67. The molecule has 0 spiro atoms. The van der Waals surface area contributed by atoms with Crippen molar-refractivity contribution in [1.29, 1.82) is 0 Å². The molecule has 0 radical (unpaired) electrons. The fourth-order valence-corrected chi connectivity index (χ4v) is 5.22. The van der Waals surface area contributed by atoms with Crippen LogP contribution in [-0.2, 0) is 9.47 Å². The van der Waals surface area contributed by atoms with E-state index >= 15 is 0 Å². The van der Waals surface area contributed by atoms with E-state index in [4.69, 9.17) is 25.2 Å². The molecule has 2 saturated heterocycles. The summed E-state index contributed by atoms with van der Waals surface area (Å²) < 4.78 is 12.5. The Bertz CT molecular complexity index is 1050. The van der Waals surface area contributed by atoms with Crippen LogP contribution in [0.1, 0.15) is 0 Å². The van der Waals surface area contributed by atoms with Crippen molar-refractivity contribution in [2.75, 3.05) is 83.3 Å². The summed E-state index contributed by atoms with van der Waals surface area (Å²) in [6.45, 7) is 9.32. The first-order valence-electron chi connectivity index (χ1n) is 11.3. The molecule has 10 nitrogen and oxygen atoms in total. The summed E-state index contributed by atoms with van der Waals surface area (Å²) in [5.74, 6) is 1.82. The second-order valence-corrected chi connectivity index (χ2v) is 9.33. The molecule has 2 aliphatic rings. The van der Waals surface area contributed by atoms with Gasteiger partial charge in [0.2, 0.25) is 5.95 Å². The normalized spacial score (nSPS) is 20.5. The number of rotatable bonds is 7. The van der Waals surface area contributed by atoms with Crippen LogP contribution in [0.2, 0.25) is 0 Å². The Balaban J connectivity index is 1.29. The lowest BCUT2D eigenvalue weighted by Gasteiger charge is -2.39. The number of anilines is 2. The molecule has 3 aromatic rings. The molecule has 2 fully saturated rings. The molecule has 1 atom stereocenters. The predicted octanol–water partition coefficient (Wildman–Crippen LogP) is 1.20. The van der Waals surface area contributed by atoms with E-state index in [1.54, 1.807) is 30.8 Å². The van der Waals surface area contributed by atoms with Crippen molar-refractivity contribution in [2.24, 2.45) is 0 Å². The quantitative estimate of drug-likeness (QED) is 0.541. The van der Waals surface area contributed by atoms with Crippen molar-refractivity contribution in [1.82, 2.24) is 29.7 Å². The summed E-state index contributed by atoms with van der Waals surface area (Å²) in [6.07, 6.45) is 3.50. The molecule has 0 saturated carbocycles. The van der Waals surface area contributed by atoms with Gasteiger partial charge in [0.1, 0.15) is 0 Å². The molecule has 0 aliphatic carbocycles. The highest BCUT2D eigenvalue weighted by atomic mass is 32.1. The van der Waals surface area contributed by atoms with Gasteiger partial charge in [-0.1, -0.05) is 0 Å². The lowest BCUT2D eigenvalue weighted by molar-refractivity contribution is 0.00295. The van der Waals surface area contributed by atoms with Gasteiger partial charge < -0.3 is 20.1 Å². The average Bonchev–Trinajstić information content (AvgIpc) is 3.32. The van der Waals surface area contributed by atoms with Gasteiger partial charge in [0.05, 0.1) is 35.1 Å². The van der Waals surface area contributed by atoms with Crippen molar-refractivity contribution < 1.29 is 9.47 Å². The second-order valence-electron chi connectivity index (χ2n) is 8.41. The number of ether oxygens (including phenoxy) is 2. The van der Waals surface area contributed by atoms with Crippen LogP contribution in [0.25, 0.3) is 21.6 Å². The number of hydrogen-bond acceptors (Lipinski definition) is 11. The van der Waals surface area contributed by atoms with E-state index in [0.29, 0.717) is 12.4 Å². The number of fused-ring (bicyclic) bond motifs is 1. The lowest BCUT2D eigenvalue weighted by Crippen LogP contribution is -2.53. The third-order valence-electron chi connectivity index (χ3n) is 6.19. The molecule has 5 heterocycles. The summed E-state index contributed by atoms with van der Waals surface area (Å²) in [6, 6.07) is 2.04. The third kappa shape index (κ3) is 5.22. The Hall–Kier alpha value is -2.44. The molecule has 0 aromatic carbocycles. The predicted molar refractivity (Wildman–Crippen MR) is 130 cm³/mol. The van der Waals surface area contributed by atoms with Gasteiger partial charge in [0.25, 0.3) is 0 Å². The Morgan fingerprint density at radius 1 is 1.12 bits per heavy atom. The fourth-order valence-electron chi connectivity index (χ4n) is 4.37. The van der Waals surface area contributed by atoms with E-state index in [1.807, 2.05) is 6.07 Å². The molecular formula is C22H30N8O2S. The van der Waals surface area contributed by atoms with E-state index in [-0.39, 0.29) is 12.1 Å². The van der Waals surface area contributed by atoms with Gasteiger partial charge in [0, 0.05) is 71.9 Å². The highest BCUT2D eigenvalue weighted by molar-refractivity contribution is 7.17. The summed E-state index contributed by atoms with van der Waals surface area (Å²) in [4.78, 5) is 25.2. The molecule has 33 heavy (non-hydrogen) atoms. The van der Waals surface area contributed by atoms with Crippen molar-refractivity contribution in [3.8, 4) is 11.4 Å². The molecule has 1 unspecified atom stereocenters. The molecule has 0 bridgehead atoms. The van der Waals surface area contributed by atoms with E-state index in [1.165, 1.54) is 0 Å². The van der Waals surface area contributed by atoms with Crippen LogP contribution in [0, 0.1) is 0 Å². The van der Waals surface area contributed by atoms with Crippen LogP contribution in [0.3, 0.4) is 0 Å². The van der Waals surface area contributed by atoms with Crippen molar-refractivity contribution in [3.63, 3.8) is 0 Å². The summed E-state index contributed by atoms with van der Waals surface area (Å²) in [7, 11) is 1.76. The van der Waals surface area contributed by atoms with Crippen LogP contribution < -0.4 is 10.6 Å². The zero-order valence-corrected chi connectivity index (χ0v) is 19.7. The number of nitrogen functional groups attached to an aromatic ring is 1. The van der Waals surface area contributed by atoms with Gasteiger partial charge in [0.15, 0.2) is 11.6 Å². The second kappa shape index (κ2) is 10.2. The zero-order chi connectivity index (χ0) is 22.6. The van der Waals surface area contributed by atoms with Gasteiger partial charge in [-0.15, -0.1) is 11.3 Å². The van der Waals surface area contributed by atoms with Gasteiger partial charge in [-0.25, -0.2) is 19.9 Å². The fraction of sp³-hybridized carbons (Fsp3) is 0.545. The number of aromatic nitrogens is 4. The number of piperazine rings is 1. The molecule has 2 N–H and O–H groups in total. The van der Waals surface area contributed by atoms with Crippen LogP contribution in [0.15, 0.2) is 23.8 Å². The zero-order valence-electron chi connectivity index (χ0n) is 18.9. The van der Waals surface area contributed by atoms with Gasteiger partial charge in [-0.2, -0.15) is 0 Å². The minimum atomic E-state index is 0.151. The van der Waals surface area contributed by atoms with Crippen LogP contribution in [-0.4, -0.2) is 109 Å². The average molecular weight is 471 g/mol. The van der Waals surface area contributed by atoms with Gasteiger partial charge >= 0.3 is 0 Å². The summed E-state index contributed by atoms with van der Waals surface area (Å²) in [5.41, 5.74) is 7.35. The number of nitrogens with two attached hydrogens (primary N) is 1. The van der Waals surface area contributed by atoms with Crippen molar-refractivity contribution >= 4 is 33.3 Å². The molecular weight excluding hydrogens is 440 g/mol. The van der Waals surface area contributed by atoms with Gasteiger partial charge in [-0.3, -0.25) is 9.80 Å². The maximum absolute atomic E-state index is 6.15. The first-order chi connectivity index (χ1) is 16.2. The number of hydrogen-bond donors (Lipinski definition) is 1. The number of nitrogens with zero attached hydrogens (tertiary/aromatic N) is 7. The molecule has 11 heteroatoms.